The third kappa shape index (κ3) is 5.27. The minimum atomic E-state index is -0.425. The summed E-state index contributed by atoms with van der Waals surface area (Å²) in [5, 5.41) is 5.66. The Labute approximate surface area is 208 Å². The van der Waals surface area contributed by atoms with Crippen LogP contribution < -0.4 is 5.01 Å². The summed E-state index contributed by atoms with van der Waals surface area (Å²) in [6.07, 6.45) is 1.41. The van der Waals surface area contributed by atoms with Gasteiger partial charge in [-0.1, -0.05) is 12.1 Å². The number of amides is 1. The Morgan fingerprint density at radius 1 is 1.03 bits per heavy atom. The van der Waals surface area contributed by atoms with Gasteiger partial charge in [0.2, 0.25) is 0 Å². The average Bonchev–Trinajstić information content (AvgIpc) is 3.44. The van der Waals surface area contributed by atoms with E-state index in [4.69, 9.17) is 13.9 Å². The van der Waals surface area contributed by atoms with Crippen LogP contribution in [-0.2, 0) is 14.3 Å². The Balaban J connectivity index is 1.52. The van der Waals surface area contributed by atoms with E-state index in [0.717, 1.165) is 0 Å². The quantitative estimate of drug-likeness (QED) is 0.323. The highest BCUT2D eigenvalue weighted by Crippen LogP contribution is 2.28. The van der Waals surface area contributed by atoms with Crippen molar-refractivity contribution >= 4 is 35.3 Å². The molecule has 3 aromatic rings. The minimum Gasteiger partial charge on any atom is -0.462 e. The lowest BCUT2D eigenvalue weighted by molar-refractivity contribution is -0.114. The van der Waals surface area contributed by atoms with Crippen LogP contribution in [0, 0.1) is 0 Å². The zero-order valence-electron chi connectivity index (χ0n) is 20.5. The average molecular weight is 487 g/mol. The molecule has 0 spiro atoms. The smallest absolute Gasteiger partial charge is 0.338 e. The van der Waals surface area contributed by atoms with E-state index in [1.165, 1.54) is 5.01 Å². The molecule has 184 valence electrons. The second kappa shape index (κ2) is 10.4. The zero-order valence-corrected chi connectivity index (χ0v) is 20.5. The van der Waals surface area contributed by atoms with Crippen molar-refractivity contribution in [2.24, 2.45) is 5.10 Å². The molecule has 0 unspecified atom stereocenters. The molecule has 1 aliphatic rings. The Bertz CT molecular complexity index is 1360. The van der Waals surface area contributed by atoms with Crippen LogP contribution in [0.25, 0.3) is 17.4 Å². The van der Waals surface area contributed by atoms with Crippen molar-refractivity contribution in [3.8, 4) is 11.3 Å². The molecule has 0 saturated carbocycles. The number of rotatable bonds is 7. The Hall–Kier alpha value is -4.46. The number of anilines is 1. The number of benzene rings is 2. The van der Waals surface area contributed by atoms with Gasteiger partial charge in [0.15, 0.2) is 0 Å². The van der Waals surface area contributed by atoms with Crippen LogP contribution in [0.3, 0.4) is 0 Å². The number of hydrazone groups is 1. The number of carbonyl (C=O) groups excluding carboxylic acids is 3. The topological polar surface area (TPSA) is 98.4 Å². The van der Waals surface area contributed by atoms with Gasteiger partial charge in [-0.2, -0.15) is 10.1 Å². The lowest BCUT2D eigenvalue weighted by atomic mass is 10.1. The molecule has 8 nitrogen and oxygen atoms in total. The lowest BCUT2D eigenvalue weighted by Gasteiger charge is -2.13. The van der Waals surface area contributed by atoms with Gasteiger partial charge in [-0.15, -0.1) is 0 Å². The summed E-state index contributed by atoms with van der Waals surface area (Å²) >= 11 is 0. The van der Waals surface area contributed by atoms with Gasteiger partial charge in [-0.25, -0.2) is 9.59 Å². The number of carbonyl (C=O) groups is 3. The normalized spacial score (nSPS) is 14.4. The number of ether oxygens (including phenoxy) is 2. The molecule has 0 N–H and O–H groups in total. The Morgan fingerprint density at radius 3 is 2.47 bits per heavy atom. The molecule has 36 heavy (non-hydrogen) atoms. The highest BCUT2D eigenvalue weighted by molar-refractivity contribution is 6.32. The molecule has 2 aromatic carbocycles. The number of esters is 2. The fourth-order valence-electron chi connectivity index (χ4n) is 3.62. The maximum Gasteiger partial charge on any atom is 0.338 e. The van der Waals surface area contributed by atoms with Crippen molar-refractivity contribution in [2.45, 2.75) is 33.8 Å². The number of hydrogen-bond donors (Lipinski definition) is 0. The summed E-state index contributed by atoms with van der Waals surface area (Å²) in [4.78, 5) is 37.2. The molecule has 0 atom stereocenters. The van der Waals surface area contributed by atoms with E-state index in [2.05, 4.69) is 5.10 Å². The molecule has 1 aromatic heterocycles. The van der Waals surface area contributed by atoms with Crippen LogP contribution in [-0.4, -0.2) is 36.3 Å². The first-order chi connectivity index (χ1) is 17.3. The number of furan rings is 1. The molecule has 0 fully saturated rings. The van der Waals surface area contributed by atoms with Crippen molar-refractivity contribution in [1.29, 1.82) is 0 Å². The monoisotopic (exact) mass is 486 g/mol. The SMILES string of the molecule is CCOC(=O)c1cccc(-c2ccc(/C=C3/C(=O)N(c4ccc(C(=O)OC(C)C)cc4)N=C3C)o2)c1. The Morgan fingerprint density at radius 2 is 1.78 bits per heavy atom. The van der Waals surface area contributed by atoms with Crippen LogP contribution in [0.1, 0.15) is 54.2 Å². The van der Waals surface area contributed by atoms with Crippen molar-refractivity contribution < 1.29 is 28.3 Å². The molecular formula is C28H26N2O6. The summed E-state index contributed by atoms with van der Waals surface area (Å²) in [6.45, 7) is 7.35. The van der Waals surface area contributed by atoms with E-state index in [1.54, 1.807) is 88.4 Å². The van der Waals surface area contributed by atoms with Crippen molar-refractivity contribution in [3.63, 3.8) is 0 Å². The van der Waals surface area contributed by atoms with Gasteiger partial charge in [0, 0.05) is 5.56 Å². The molecule has 2 heterocycles. The first-order valence-electron chi connectivity index (χ1n) is 11.6. The maximum absolute atomic E-state index is 13.1. The highest BCUT2D eigenvalue weighted by Gasteiger charge is 2.29. The summed E-state index contributed by atoms with van der Waals surface area (Å²) in [7, 11) is 0. The summed E-state index contributed by atoms with van der Waals surface area (Å²) in [6, 6.07) is 17.0. The molecule has 0 bridgehead atoms. The van der Waals surface area contributed by atoms with Crippen LogP contribution >= 0.6 is 0 Å². The lowest BCUT2D eigenvalue weighted by Crippen LogP contribution is -2.21. The fourth-order valence-corrected chi connectivity index (χ4v) is 3.62. The van der Waals surface area contributed by atoms with Gasteiger partial charge in [-0.3, -0.25) is 4.79 Å². The first-order valence-corrected chi connectivity index (χ1v) is 11.6. The minimum absolute atomic E-state index is 0.221. The van der Waals surface area contributed by atoms with Crippen molar-refractivity contribution in [1.82, 2.24) is 0 Å². The Kier molecular flexibility index (Phi) is 7.15. The summed E-state index contributed by atoms with van der Waals surface area (Å²) in [5.74, 6) is -0.119. The summed E-state index contributed by atoms with van der Waals surface area (Å²) < 4.78 is 16.2. The maximum atomic E-state index is 13.1. The second-order valence-electron chi connectivity index (χ2n) is 8.36. The molecule has 1 amide bonds. The van der Waals surface area contributed by atoms with E-state index < -0.39 is 11.9 Å². The third-order valence-electron chi connectivity index (χ3n) is 5.32. The second-order valence-corrected chi connectivity index (χ2v) is 8.36. The van der Waals surface area contributed by atoms with Crippen molar-refractivity contribution in [3.05, 3.63) is 83.1 Å². The highest BCUT2D eigenvalue weighted by atomic mass is 16.5. The van der Waals surface area contributed by atoms with E-state index in [-0.39, 0.29) is 12.0 Å². The predicted molar refractivity (Wildman–Crippen MR) is 136 cm³/mol. The third-order valence-corrected chi connectivity index (χ3v) is 5.32. The van der Waals surface area contributed by atoms with Crippen LogP contribution in [0.2, 0.25) is 0 Å². The van der Waals surface area contributed by atoms with Gasteiger partial charge >= 0.3 is 11.9 Å². The predicted octanol–water partition coefficient (Wildman–Crippen LogP) is 5.49. The van der Waals surface area contributed by atoms with Gasteiger partial charge in [0.1, 0.15) is 11.5 Å². The molecule has 0 aliphatic carbocycles. The molecular weight excluding hydrogens is 460 g/mol. The van der Waals surface area contributed by atoms with Gasteiger partial charge < -0.3 is 13.9 Å². The van der Waals surface area contributed by atoms with E-state index in [0.29, 0.717) is 51.8 Å². The molecule has 8 heteroatoms. The van der Waals surface area contributed by atoms with Crippen LogP contribution in [0.4, 0.5) is 5.69 Å². The first kappa shape index (κ1) is 24.7. The molecule has 0 saturated heterocycles. The largest absolute Gasteiger partial charge is 0.462 e. The zero-order chi connectivity index (χ0) is 25.8. The van der Waals surface area contributed by atoms with Crippen molar-refractivity contribution in [2.75, 3.05) is 11.6 Å². The van der Waals surface area contributed by atoms with Crippen LogP contribution in [0.5, 0.6) is 0 Å². The molecule has 4 rings (SSSR count). The fraction of sp³-hybridized carbons (Fsp3) is 0.214. The molecule has 1 aliphatic heterocycles. The summed E-state index contributed by atoms with van der Waals surface area (Å²) in [5.41, 5.74) is 2.99. The van der Waals surface area contributed by atoms with Crippen LogP contribution in [0.15, 0.2) is 75.8 Å². The van der Waals surface area contributed by atoms with Gasteiger partial charge in [0.05, 0.1) is 40.8 Å². The number of hydrogen-bond acceptors (Lipinski definition) is 7. The van der Waals surface area contributed by atoms with E-state index in [9.17, 15) is 14.4 Å². The standard InChI is InChI=1S/C28H26N2O6/c1-5-34-27(32)21-8-6-7-20(15-21)25-14-13-23(36-25)16-24-18(4)29-30(26(24)31)22-11-9-19(10-12-22)28(33)35-17(2)3/h6-17H,5H2,1-4H3/b24-16+. The van der Waals surface area contributed by atoms with E-state index in [1.807, 2.05) is 6.07 Å². The molecule has 0 radical (unpaired) electrons. The van der Waals surface area contributed by atoms with E-state index >= 15 is 0 Å². The van der Waals surface area contributed by atoms with Gasteiger partial charge in [0.25, 0.3) is 5.91 Å². The van der Waals surface area contributed by atoms with Gasteiger partial charge in [-0.05, 0) is 82.3 Å². The number of nitrogens with zero attached hydrogens (tertiary/aromatic N) is 2.